The van der Waals surface area contributed by atoms with Crippen molar-refractivity contribution in [3.8, 4) is 0 Å². The molecule has 1 aromatic carbocycles. The molecular formula is C18H26N2O. The first-order chi connectivity index (χ1) is 9.95. The van der Waals surface area contributed by atoms with Crippen molar-refractivity contribution in [2.24, 2.45) is 0 Å². The van der Waals surface area contributed by atoms with Gasteiger partial charge in [0.15, 0.2) is 0 Å². The van der Waals surface area contributed by atoms with E-state index in [4.69, 9.17) is 4.42 Å². The molecule has 0 aliphatic heterocycles. The van der Waals surface area contributed by atoms with Crippen LogP contribution >= 0.6 is 0 Å². The number of hydrogen-bond acceptors (Lipinski definition) is 3. The second kappa shape index (κ2) is 6.81. The zero-order valence-corrected chi connectivity index (χ0v) is 13.7. The summed E-state index contributed by atoms with van der Waals surface area (Å²) in [7, 11) is 2.13. The highest BCUT2D eigenvalue weighted by Gasteiger charge is 2.10. The third-order valence-electron chi connectivity index (χ3n) is 3.56. The van der Waals surface area contributed by atoms with E-state index in [9.17, 15) is 0 Å². The summed E-state index contributed by atoms with van der Waals surface area (Å²) in [4.78, 5) is 2.27. The van der Waals surface area contributed by atoms with E-state index in [2.05, 4.69) is 69.2 Å². The first-order valence-corrected chi connectivity index (χ1v) is 7.53. The van der Waals surface area contributed by atoms with Crippen molar-refractivity contribution < 1.29 is 4.42 Å². The molecule has 2 aromatic rings. The van der Waals surface area contributed by atoms with Gasteiger partial charge in [-0.25, -0.2) is 0 Å². The number of anilines is 1. The van der Waals surface area contributed by atoms with Crippen molar-refractivity contribution >= 4 is 5.69 Å². The van der Waals surface area contributed by atoms with Crippen molar-refractivity contribution in [3.05, 3.63) is 53.0 Å². The lowest BCUT2D eigenvalue weighted by Crippen LogP contribution is -2.23. The minimum absolute atomic E-state index is 0.458. The van der Waals surface area contributed by atoms with E-state index in [1.54, 1.807) is 6.26 Å². The van der Waals surface area contributed by atoms with E-state index in [0.717, 1.165) is 18.8 Å². The third kappa shape index (κ3) is 4.36. The number of nitrogens with one attached hydrogen (secondary N) is 1. The lowest BCUT2D eigenvalue weighted by molar-refractivity contribution is 0.460. The molecule has 0 spiro atoms. The monoisotopic (exact) mass is 286 g/mol. The molecule has 114 valence electrons. The van der Waals surface area contributed by atoms with Crippen LogP contribution in [0.1, 0.15) is 36.3 Å². The Bertz CT molecular complexity index is 566. The first kappa shape index (κ1) is 15.6. The van der Waals surface area contributed by atoms with E-state index in [0.29, 0.717) is 6.04 Å². The Hall–Kier alpha value is -1.74. The van der Waals surface area contributed by atoms with E-state index in [1.807, 2.05) is 0 Å². The number of aryl methyl sites for hydroxylation is 2. The Morgan fingerprint density at radius 1 is 1.14 bits per heavy atom. The predicted octanol–water partition coefficient (Wildman–Crippen LogP) is 4.03. The standard InChI is InChI=1S/C18H26N2O/c1-13(2)19-11-18-16(6-7-21-18)12-20(5)17-9-14(3)8-15(4)10-17/h6-10,13,19H,11-12H2,1-5H3. The van der Waals surface area contributed by atoms with Crippen LogP contribution in [0.25, 0.3) is 0 Å². The summed E-state index contributed by atoms with van der Waals surface area (Å²) < 4.78 is 5.61. The van der Waals surface area contributed by atoms with Crippen molar-refractivity contribution in [2.75, 3.05) is 11.9 Å². The van der Waals surface area contributed by atoms with Crippen LogP contribution in [-0.4, -0.2) is 13.1 Å². The molecule has 0 aliphatic rings. The molecule has 0 saturated carbocycles. The van der Waals surface area contributed by atoms with Crippen LogP contribution in [0.15, 0.2) is 34.9 Å². The predicted molar refractivity (Wildman–Crippen MR) is 88.7 cm³/mol. The summed E-state index contributed by atoms with van der Waals surface area (Å²) in [5, 5.41) is 3.41. The molecule has 0 radical (unpaired) electrons. The van der Waals surface area contributed by atoms with Gasteiger partial charge in [-0.2, -0.15) is 0 Å². The van der Waals surface area contributed by atoms with Crippen LogP contribution in [-0.2, 0) is 13.1 Å². The first-order valence-electron chi connectivity index (χ1n) is 7.53. The SMILES string of the molecule is Cc1cc(C)cc(N(C)Cc2ccoc2CNC(C)C)c1. The molecule has 0 saturated heterocycles. The molecule has 1 aromatic heterocycles. The molecule has 0 bridgehead atoms. The lowest BCUT2D eigenvalue weighted by Gasteiger charge is -2.20. The number of furan rings is 1. The number of nitrogens with zero attached hydrogens (tertiary/aromatic N) is 1. The summed E-state index contributed by atoms with van der Waals surface area (Å²) in [5.41, 5.74) is 5.08. The zero-order chi connectivity index (χ0) is 15.4. The summed E-state index contributed by atoms with van der Waals surface area (Å²) in [6.45, 7) is 10.2. The van der Waals surface area contributed by atoms with Gasteiger partial charge in [-0.1, -0.05) is 19.9 Å². The van der Waals surface area contributed by atoms with Gasteiger partial charge in [0, 0.05) is 30.9 Å². The Morgan fingerprint density at radius 2 is 1.81 bits per heavy atom. The van der Waals surface area contributed by atoms with E-state index in [1.165, 1.54) is 22.4 Å². The van der Waals surface area contributed by atoms with Gasteiger partial charge in [0.05, 0.1) is 12.8 Å². The van der Waals surface area contributed by atoms with Crippen molar-refractivity contribution in [1.82, 2.24) is 5.32 Å². The average molecular weight is 286 g/mol. The Labute approximate surface area is 128 Å². The van der Waals surface area contributed by atoms with Gasteiger partial charge in [0.25, 0.3) is 0 Å². The molecule has 21 heavy (non-hydrogen) atoms. The van der Waals surface area contributed by atoms with Gasteiger partial charge < -0.3 is 14.6 Å². The fourth-order valence-corrected chi connectivity index (χ4v) is 2.48. The molecule has 0 unspecified atom stereocenters. The number of rotatable bonds is 6. The Balaban J connectivity index is 2.09. The summed E-state index contributed by atoms with van der Waals surface area (Å²) in [5.74, 6) is 1.03. The molecule has 2 rings (SSSR count). The normalized spacial score (nSPS) is 11.1. The molecule has 3 nitrogen and oxygen atoms in total. The molecule has 1 heterocycles. The van der Waals surface area contributed by atoms with Crippen LogP contribution in [0, 0.1) is 13.8 Å². The van der Waals surface area contributed by atoms with Crippen LogP contribution in [0.4, 0.5) is 5.69 Å². The van der Waals surface area contributed by atoms with Crippen LogP contribution in [0.5, 0.6) is 0 Å². The highest BCUT2D eigenvalue weighted by molar-refractivity contribution is 5.50. The van der Waals surface area contributed by atoms with E-state index < -0.39 is 0 Å². The van der Waals surface area contributed by atoms with Gasteiger partial charge >= 0.3 is 0 Å². The van der Waals surface area contributed by atoms with Crippen LogP contribution in [0.3, 0.4) is 0 Å². The maximum atomic E-state index is 5.61. The summed E-state index contributed by atoms with van der Waals surface area (Å²) in [6, 6.07) is 9.17. The fraction of sp³-hybridized carbons (Fsp3) is 0.444. The lowest BCUT2D eigenvalue weighted by atomic mass is 10.1. The molecule has 0 amide bonds. The highest BCUT2D eigenvalue weighted by atomic mass is 16.3. The molecule has 0 atom stereocenters. The maximum absolute atomic E-state index is 5.61. The second-order valence-electron chi connectivity index (χ2n) is 6.11. The highest BCUT2D eigenvalue weighted by Crippen LogP contribution is 2.21. The minimum Gasteiger partial charge on any atom is -0.468 e. The molecule has 0 aliphatic carbocycles. The molecule has 1 N–H and O–H groups in total. The van der Waals surface area contributed by atoms with E-state index in [-0.39, 0.29) is 0 Å². The largest absolute Gasteiger partial charge is 0.468 e. The maximum Gasteiger partial charge on any atom is 0.122 e. The van der Waals surface area contributed by atoms with Crippen LogP contribution in [0.2, 0.25) is 0 Å². The van der Waals surface area contributed by atoms with Gasteiger partial charge in [-0.05, 0) is 43.2 Å². The average Bonchev–Trinajstić information content (AvgIpc) is 2.82. The fourth-order valence-electron chi connectivity index (χ4n) is 2.48. The van der Waals surface area contributed by atoms with Gasteiger partial charge in [-0.3, -0.25) is 0 Å². The quantitative estimate of drug-likeness (QED) is 0.869. The molecule has 0 fully saturated rings. The minimum atomic E-state index is 0.458. The van der Waals surface area contributed by atoms with E-state index >= 15 is 0 Å². The smallest absolute Gasteiger partial charge is 0.122 e. The van der Waals surface area contributed by atoms with Gasteiger partial charge in [-0.15, -0.1) is 0 Å². The second-order valence-corrected chi connectivity index (χ2v) is 6.11. The number of benzene rings is 1. The van der Waals surface area contributed by atoms with Crippen LogP contribution < -0.4 is 10.2 Å². The van der Waals surface area contributed by atoms with Gasteiger partial charge in [0.2, 0.25) is 0 Å². The Kier molecular flexibility index (Phi) is 5.07. The summed E-state index contributed by atoms with van der Waals surface area (Å²) in [6.07, 6.45) is 1.78. The topological polar surface area (TPSA) is 28.4 Å². The molecule has 3 heteroatoms. The summed E-state index contributed by atoms with van der Waals surface area (Å²) >= 11 is 0. The zero-order valence-electron chi connectivity index (χ0n) is 13.7. The third-order valence-corrected chi connectivity index (χ3v) is 3.56. The Morgan fingerprint density at radius 3 is 2.43 bits per heavy atom. The molecular weight excluding hydrogens is 260 g/mol. The van der Waals surface area contributed by atoms with Crippen molar-refractivity contribution in [1.29, 1.82) is 0 Å². The van der Waals surface area contributed by atoms with Crippen molar-refractivity contribution in [3.63, 3.8) is 0 Å². The van der Waals surface area contributed by atoms with Gasteiger partial charge in [0.1, 0.15) is 5.76 Å². The number of hydrogen-bond donors (Lipinski definition) is 1. The van der Waals surface area contributed by atoms with Crippen molar-refractivity contribution in [2.45, 2.75) is 46.8 Å².